The number of carbonyl (C=O) groups excluding carboxylic acids is 1. The Morgan fingerprint density at radius 3 is 2.39 bits per heavy atom. The van der Waals surface area contributed by atoms with Crippen molar-refractivity contribution in [1.82, 2.24) is 19.6 Å². The van der Waals surface area contributed by atoms with Gasteiger partial charge in [-0.2, -0.15) is 10.2 Å². The van der Waals surface area contributed by atoms with Gasteiger partial charge >= 0.3 is 0 Å². The number of rotatable bonds is 10. The van der Waals surface area contributed by atoms with E-state index in [1.165, 1.54) is 11.1 Å². The summed E-state index contributed by atoms with van der Waals surface area (Å²) in [5.41, 5.74) is 3.97. The third kappa shape index (κ3) is 5.70. The van der Waals surface area contributed by atoms with Gasteiger partial charge in [0.25, 0.3) is 5.91 Å². The molecule has 0 aliphatic heterocycles. The number of furan rings is 1. The van der Waals surface area contributed by atoms with Crippen LogP contribution in [-0.2, 0) is 25.1 Å². The molecule has 0 spiro atoms. The van der Waals surface area contributed by atoms with E-state index in [0.717, 1.165) is 17.9 Å². The van der Waals surface area contributed by atoms with Gasteiger partial charge in [0.15, 0.2) is 5.76 Å². The molecule has 0 atom stereocenters. The van der Waals surface area contributed by atoms with Gasteiger partial charge in [-0.1, -0.05) is 56.3 Å². The van der Waals surface area contributed by atoms with E-state index in [-0.39, 0.29) is 23.7 Å². The molecular formula is C30H31N5O3. The zero-order valence-electron chi connectivity index (χ0n) is 21.8. The molecule has 0 unspecified atom stereocenters. The molecule has 5 rings (SSSR count). The Kier molecular flexibility index (Phi) is 7.13. The summed E-state index contributed by atoms with van der Waals surface area (Å²) in [6, 6.07) is 21.9. The average Bonchev–Trinajstić information content (AvgIpc) is 3.70. The molecule has 194 valence electrons. The Balaban J connectivity index is 1.14. The average molecular weight is 510 g/mol. The highest BCUT2D eigenvalue weighted by Gasteiger charge is 2.22. The van der Waals surface area contributed by atoms with Gasteiger partial charge in [-0.05, 0) is 42.3 Å². The van der Waals surface area contributed by atoms with Crippen LogP contribution in [0, 0.1) is 0 Å². The lowest BCUT2D eigenvalue weighted by atomic mass is 9.78. The SMILES string of the molecule is CCn1cc(Cn2cc(NC(=O)c3ccc(COc4ccc(C(C)(C)c5ccccc5)cc4)o3)cn2)cn1. The van der Waals surface area contributed by atoms with Crippen LogP contribution in [-0.4, -0.2) is 25.5 Å². The van der Waals surface area contributed by atoms with Crippen LogP contribution < -0.4 is 10.1 Å². The van der Waals surface area contributed by atoms with E-state index in [9.17, 15) is 4.79 Å². The molecule has 1 N–H and O–H groups in total. The molecule has 0 radical (unpaired) electrons. The summed E-state index contributed by atoms with van der Waals surface area (Å²) >= 11 is 0. The van der Waals surface area contributed by atoms with Gasteiger partial charge in [-0.25, -0.2) is 0 Å². The molecule has 0 fully saturated rings. The van der Waals surface area contributed by atoms with E-state index >= 15 is 0 Å². The smallest absolute Gasteiger partial charge is 0.291 e. The fourth-order valence-corrected chi connectivity index (χ4v) is 4.28. The topological polar surface area (TPSA) is 87.1 Å². The number of aryl methyl sites for hydroxylation is 1. The van der Waals surface area contributed by atoms with Crippen molar-refractivity contribution in [3.8, 4) is 5.75 Å². The van der Waals surface area contributed by atoms with Crippen molar-refractivity contribution in [1.29, 1.82) is 0 Å². The molecule has 8 nitrogen and oxygen atoms in total. The lowest BCUT2D eigenvalue weighted by Crippen LogP contribution is -2.18. The number of aromatic nitrogens is 4. The molecule has 38 heavy (non-hydrogen) atoms. The van der Waals surface area contributed by atoms with Gasteiger partial charge in [0.2, 0.25) is 0 Å². The molecule has 3 aromatic heterocycles. The van der Waals surface area contributed by atoms with Gasteiger partial charge in [-0.3, -0.25) is 14.2 Å². The second-order valence-electron chi connectivity index (χ2n) is 9.66. The maximum atomic E-state index is 12.7. The van der Waals surface area contributed by atoms with Gasteiger partial charge in [-0.15, -0.1) is 0 Å². The number of anilines is 1. The third-order valence-electron chi connectivity index (χ3n) is 6.58. The van der Waals surface area contributed by atoms with Crippen molar-refractivity contribution in [2.75, 3.05) is 5.32 Å². The number of ether oxygens (including phenoxy) is 1. The highest BCUT2D eigenvalue weighted by atomic mass is 16.5. The molecule has 0 saturated heterocycles. The second-order valence-corrected chi connectivity index (χ2v) is 9.66. The predicted molar refractivity (Wildman–Crippen MR) is 145 cm³/mol. The molecule has 1 amide bonds. The fraction of sp³-hybridized carbons (Fsp3) is 0.233. The zero-order chi connectivity index (χ0) is 26.5. The first-order chi connectivity index (χ1) is 18.4. The molecule has 8 heteroatoms. The monoisotopic (exact) mass is 509 g/mol. The van der Waals surface area contributed by atoms with E-state index < -0.39 is 0 Å². The van der Waals surface area contributed by atoms with E-state index in [4.69, 9.17) is 9.15 Å². The van der Waals surface area contributed by atoms with Crippen LogP contribution in [0.3, 0.4) is 0 Å². The van der Waals surface area contributed by atoms with Crippen LogP contribution >= 0.6 is 0 Å². The maximum Gasteiger partial charge on any atom is 0.291 e. The number of benzene rings is 2. The summed E-state index contributed by atoms with van der Waals surface area (Å²) in [4.78, 5) is 12.7. The number of hydrogen-bond donors (Lipinski definition) is 1. The summed E-state index contributed by atoms with van der Waals surface area (Å²) < 4.78 is 15.2. The summed E-state index contributed by atoms with van der Waals surface area (Å²) in [5.74, 6) is 1.16. The Morgan fingerprint density at radius 1 is 0.921 bits per heavy atom. The summed E-state index contributed by atoms with van der Waals surface area (Å²) in [5, 5.41) is 11.4. The number of amides is 1. The quantitative estimate of drug-likeness (QED) is 0.253. The highest BCUT2D eigenvalue weighted by molar-refractivity contribution is 6.02. The van der Waals surface area contributed by atoms with E-state index in [0.29, 0.717) is 18.0 Å². The molecule has 3 heterocycles. The lowest BCUT2D eigenvalue weighted by Gasteiger charge is -2.26. The van der Waals surface area contributed by atoms with E-state index in [2.05, 4.69) is 65.8 Å². The summed E-state index contributed by atoms with van der Waals surface area (Å²) in [6.45, 7) is 8.06. The van der Waals surface area contributed by atoms with Gasteiger partial charge < -0.3 is 14.5 Å². The van der Waals surface area contributed by atoms with Crippen LogP contribution in [0.2, 0.25) is 0 Å². The van der Waals surface area contributed by atoms with E-state index in [1.807, 2.05) is 42.2 Å². The Bertz CT molecular complexity index is 1500. The normalized spacial score (nSPS) is 11.4. The number of nitrogens with one attached hydrogen (secondary N) is 1. The summed E-state index contributed by atoms with van der Waals surface area (Å²) in [7, 11) is 0. The Labute approximate surface area is 221 Å². The van der Waals surface area contributed by atoms with Gasteiger partial charge in [0.05, 0.1) is 24.6 Å². The number of carbonyl (C=O) groups is 1. The van der Waals surface area contributed by atoms with Crippen LogP contribution in [0.1, 0.15) is 53.8 Å². The molecular weight excluding hydrogens is 478 g/mol. The largest absolute Gasteiger partial charge is 0.486 e. The molecule has 5 aromatic rings. The first-order valence-corrected chi connectivity index (χ1v) is 12.6. The minimum absolute atomic E-state index is 0.113. The van der Waals surface area contributed by atoms with Crippen molar-refractivity contribution in [2.45, 2.75) is 45.9 Å². The fourth-order valence-electron chi connectivity index (χ4n) is 4.28. The van der Waals surface area contributed by atoms with Crippen LogP contribution in [0.5, 0.6) is 5.75 Å². The van der Waals surface area contributed by atoms with Gasteiger partial charge in [0.1, 0.15) is 18.1 Å². The van der Waals surface area contributed by atoms with Crippen molar-refractivity contribution in [3.63, 3.8) is 0 Å². The van der Waals surface area contributed by atoms with Gasteiger partial charge in [0, 0.05) is 29.9 Å². The van der Waals surface area contributed by atoms with Crippen molar-refractivity contribution in [3.05, 3.63) is 120 Å². The first-order valence-electron chi connectivity index (χ1n) is 12.6. The standard InChI is InChI=1S/C30H31N5O3/c1-4-34-18-22(16-31-34)19-35-20-25(17-32-35)33-29(36)28-15-14-27(38-28)21-37-26-12-10-24(11-13-26)30(2,3)23-8-6-5-7-9-23/h5-18,20H,4,19,21H2,1-3H3,(H,33,36). The van der Waals surface area contributed by atoms with Crippen molar-refractivity contribution in [2.24, 2.45) is 0 Å². The minimum Gasteiger partial charge on any atom is -0.486 e. The number of nitrogens with zero attached hydrogens (tertiary/aromatic N) is 4. The highest BCUT2D eigenvalue weighted by Crippen LogP contribution is 2.32. The van der Waals surface area contributed by atoms with E-state index in [1.54, 1.807) is 29.2 Å². The molecule has 0 bridgehead atoms. The Hall–Kier alpha value is -4.59. The third-order valence-corrected chi connectivity index (χ3v) is 6.58. The van der Waals surface area contributed by atoms with Crippen molar-refractivity contribution < 1.29 is 13.9 Å². The zero-order valence-corrected chi connectivity index (χ0v) is 21.8. The van der Waals surface area contributed by atoms with Crippen LogP contribution in [0.4, 0.5) is 5.69 Å². The molecule has 0 aliphatic carbocycles. The van der Waals surface area contributed by atoms with Crippen LogP contribution in [0.25, 0.3) is 0 Å². The molecule has 0 saturated carbocycles. The predicted octanol–water partition coefficient (Wildman–Crippen LogP) is 5.90. The van der Waals surface area contributed by atoms with Crippen molar-refractivity contribution >= 4 is 11.6 Å². The molecule has 2 aromatic carbocycles. The van der Waals surface area contributed by atoms with Crippen LogP contribution in [0.15, 0.2) is 95.9 Å². The second kappa shape index (κ2) is 10.8. The maximum absolute atomic E-state index is 12.7. The minimum atomic E-state index is -0.345. The number of hydrogen-bond acceptors (Lipinski definition) is 5. The first kappa shape index (κ1) is 25.1. The lowest BCUT2D eigenvalue weighted by molar-refractivity contribution is 0.0992. The summed E-state index contributed by atoms with van der Waals surface area (Å²) in [6.07, 6.45) is 7.18. The molecule has 0 aliphatic rings. The Morgan fingerprint density at radius 2 is 1.66 bits per heavy atom.